The van der Waals surface area contributed by atoms with Crippen LogP contribution >= 0.6 is 23.8 Å². The third-order valence-corrected chi connectivity index (χ3v) is 3.20. The van der Waals surface area contributed by atoms with Crippen molar-refractivity contribution in [3.05, 3.63) is 28.8 Å². The number of hydrogen-bond acceptors (Lipinski definition) is 3. The van der Waals surface area contributed by atoms with E-state index in [1.165, 1.54) is 18.2 Å². The highest BCUT2D eigenvalue weighted by Gasteiger charge is 2.21. The Morgan fingerprint density at radius 1 is 1.53 bits per heavy atom. The van der Waals surface area contributed by atoms with Crippen LogP contribution in [0.3, 0.4) is 0 Å². The van der Waals surface area contributed by atoms with E-state index in [1.54, 1.807) is 4.90 Å². The van der Waals surface area contributed by atoms with Crippen molar-refractivity contribution in [3.63, 3.8) is 0 Å². The first kappa shape index (κ1) is 15.7. The lowest BCUT2D eigenvalue weighted by molar-refractivity contribution is 0.0711. The summed E-state index contributed by atoms with van der Waals surface area (Å²) in [6.45, 7) is 4.22. The van der Waals surface area contributed by atoms with Gasteiger partial charge in [0.1, 0.15) is 5.75 Å². The van der Waals surface area contributed by atoms with Gasteiger partial charge in [0.2, 0.25) is 0 Å². The highest BCUT2D eigenvalue weighted by molar-refractivity contribution is 7.80. The summed E-state index contributed by atoms with van der Waals surface area (Å²) in [6.07, 6.45) is 0.454. The molecule has 0 aliphatic heterocycles. The minimum atomic E-state index is -0.243. The van der Waals surface area contributed by atoms with E-state index in [-0.39, 0.29) is 23.3 Å². The van der Waals surface area contributed by atoms with Crippen molar-refractivity contribution in [1.29, 1.82) is 0 Å². The van der Waals surface area contributed by atoms with Gasteiger partial charge in [0.25, 0.3) is 5.91 Å². The normalized spacial score (nSPS) is 10.5. The van der Waals surface area contributed by atoms with Crippen molar-refractivity contribution < 1.29 is 9.90 Å². The summed E-state index contributed by atoms with van der Waals surface area (Å²) in [7, 11) is 0. The Morgan fingerprint density at radius 2 is 2.16 bits per heavy atom. The number of hydrogen-bond donors (Lipinski definition) is 2. The van der Waals surface area contributed by atoms with Crippen LogP contribution in [0.5, 0.6) is 5.75 Å². The van der Waals surface area contributed by atoms with E-state index in [0.717, 1.165) is 0 Å². The molecule has 1 amide bonds. The topological polar surface area (TPSA) is 66.6 Å². The van der Waals surface area contributed by atoms with Gasteiger partial charge in [0, 0.05) is 19.0 Å². The third kappa shape index (κ3) is 4.36. The van der Waals surface area contributed by atoms with Crippen molar-refractivity contribution in [2.45, 2.75) is 26.3 Å². The lowest BCUT2D eigenvalue weighted by Gasteiger charge is -2.27. The molecule has 0 saturated heterocycles. The summed E-state index contributed by atoms with van der Waals surface area (Å²) in [5, 5.41) is 9.76. The lowest BCUT2D eigenvalue weighted by Crippen LogP contribution is -2.39. The quantitative estimate of drug-likeness (QED) is 0.820. The van der Waals surface area contributed by atoms with Crippen LogP contribution in [0.25, 0.3) is 0 Å². The molecule has 0 aliphatic carbocycles. The van der Waals surface area contributed by atoms with Gasteiger partial charge in [-0.1, -0.05) is 23.8 Å². The molecule has 6 heteroatoms. The predicted molar refractivity (Wildman–Crippen MR) is 80.7 cm³/mol. The van der Waals surface area contributed by atoms with Crippen molar-refractivity contribution >= 4 is 34.7 Å². The first-order chi connectivity index (χ1) is 8.82. The average molecular weight is 301 g/mol. The monoisotopic (exact) mass is 300 g/mol. The largest absolute Gasteiger partial charge is 0.508 e. The zero-order chi connectivity index (χ0) is 14.6. The number of benzene rings is 1. The van der Waals surface area contributed by atoms with Gasteiger partial charge in [-0.2, -0.15) is 0 Å². The van der Waals surface area contributed by atoms with E-state index in [9.17, 15) is 9.90 Å². The van der Waals surface area contributed by atoms with Crippen molar-refractivity contribution in [1.82, 2.24) is 4.90 Å². The number of carbonyl (C=O) groups excluding carboxylic acids is 1. The number of phenols is 1. The molecular weight excluding hydrogens is 284 g/mol. The summed E-state index contributed by atoms with van der Waals surface area (Å²) >= 11 is 10.8. The van der Waals surface area contributed by atoms with Gasteiger partial charge in [-0.15, -0.1) is 0 Å². The number of amides is 1. The van der Waals surface area contributed by atoms with Crippen LogP contribution in [-0.4, -0.2) is 33.5 Å². The smallest absolute Gasteiger partial charge is 0.255 e. The summed E-state index contributed by atoms with van der Waals surface area (Å²) in [5.74, 6) is -0.238. The van der Waals surface area contributed by atoms with Gasteiger partial charge in [0.15, 0.2) is 0 Å². The maximum Gasteiger partial charge on any atom is 0.255 e. The standard InChI is InChI=1S/C13H17ClN2O2S/c1-8(2)16(6-5-12(15)19)13(18)10-7-9(17)3-4-11(10)14/h3-4,7-8,17H,5-6H2,1-2H3,(H2,15,19). The number of carbonyl (C=O) groups is 1. The lowest BCUT2D eigenvalue weighted by atomic mass is 10.1. The van der Waals surface area contributed by atoms with Gasteiger partial charge in [-0.25, -0.2) is 0 Å². The van der Waals surface area contributed by atoms with Crippen LogP contribution in [0.2, 0.25) is 5.02 Å². The molecule has 104 valence electrons. The number of aromatic hydroxyl groups is 1. The third-order valence-electron chi connectivity index (χ3n) is 2.66. The Kier molecular flexibility index (Phi) is 5.57. The second-order valence-electron chi connectivity index (χ2n) is 4.47. The zero-order valence-electron chi connectivity index (χ0n) is 10.9. The minimum absolute atomic E-state index is 0.00537. The number of thiocarbonyl (C=S) groups is 1. The Morgan fingerprint density at radius 3 is 2.68 bits per heavy atom. The predicted octanol–water partition coefficient (Wildman–Crippen LogP) is 2.57. The van der Waals surface area contributed by atoms with Gasteiger partial charge in [0.05, 0.1) is 15.6 Å². The first-order valence-corrected chi connectivity index (χ1v) is 6.69. The van der Waals surface area contributed by atoms with E-state index >= 15 is 0 Å². The van der Waals surface area contributed by atoms with Gasteiger partial charge in [-0.3, -0.25) is 4.79 Å². The zero-order valence-corrected chi connectivity index (χ0v) is 12.5. The molecule has 19 heavy (non-hydrogen) atoms. The molecule has 0 saturated carbocycles. The van der Waals surface area contributed by atoms with Gasteiger partial charge >= 0.3 is 0 Å². The molecule has 3 N–H and O–H groups in total. The molecule has 0 atom stereocenters. The fourth-order valence-electron chi connectivity index (χ4n) is 1.66. The Hall–Kier alpha value is -1.33. The van der Waals surface area contributed by atoms with E-state index in [4.69, 9.17) is 29.6 Å². The van der Waals surface area contributed by atoms with E-state index in [1.807, 2.05) is 13.8 Å². The Balaban J connectivity index is 2.99. The van der Waals surface area contributed by atoms with Crippen LogP contribution in [-0.2, 0) is 0 Å². The average Bonchev–Trinajstić information content (AvgIpc) is 2.31. The Bertz CT molecular complexity index is 492. The fourth-order valence-corrected chi connectivity index (χ4v) is 1.95. The molecule has 0 bridgehead atoms. The summed E-state index contributed by atoms with van der Waals surface area (Å²) in [5.41, 5.74) is 5.74. The molecule has 0 heterocycles. The van der Waals surface area contributed by atoms with Crippen LogP contribution in [0, 0.1) is 0 Å². The van der Waals surface area contributed by atoms with E-state index in [2.05, 4.69) is 0 Å². The molecule has 0 aliphatic rings. The second kappa shape index (κ2) is 6.73. The molecule has 1 aromatic carbocycles. The molecule has 1 rings (SSSR count). The summed E-state index contributed by atoms with van der Waals surface area (Å²) < 4.78 is 0. The number of phenolic OH excluding ortho intramolecular Hbond substituents is 1. The first-order valence-electron chi connectivity index (χ1n) is 5.90. The number of halogens is 1. The SMILES string of the molecule is CC(C)N(CCC(N)=S)C(=O)c1cc(O)ccc1Cl. The molecule has 0 unspecified atom stereocenters. The molecule has 4 nitrogen and oxygen atoms in total. The number of nitrogens with two attached hydrogens (primary N) is 1. The molecule has 1 aromatic rings. The minimum Gasteiger partial charge on any atom is -0.508 e. The van der Waals surface area contributed by atoms with Crippen LogP contribution in [0.1, 0.15) is 30.6 Å². The molecule has 0 fully saturated rings. The fraction of sp³-hybridized carbons (Fsp3) is 0.385. The van der Waals surface area contributed by atoms with Crippen molar-refractivity contribution in [2.75, 3.05) is 6.54 Å². The molecule has 0 aromatic heterocycles. The highest BCUT2D eigenvalue weighted by Crippen LogP contribution is 2.23. The van der Waals surface area contributed by atoms with Crippen LogP contribution in [0.4, 0.5) is 0 Å². The van der Waals surface area contributed by atoms with E-state index < -0.39 is 0 Å². The van der Waals surface area contributed by atoms with E-state index in [0.29, 0.717) is 23.0 Å². The molecule has 0 radical (unpaired) electrons. The van der Waals surface area contributed by atoms with Crippen molar-refractivity contribution in [3.8, 4) is 5.75 Å². The van der Waals surface area contributed by atoms with Crippen LogP contribution in [0.15, 0.2) is 18.2 Å². The van der Waals surface area contributed by atoms with Crippen molar-refractivity contribution in [2.24, 2.45) is 5.73 Å². The maximum atomic E-state index is 12.4. The Labute approximate surface area is 123 Å². The number of nitrogens with zero attached hydrogens (tertiary/aromatic N) is 1. The van der Waals surface area contributed by atoms with Gasteiger partial charge in [-0.05, 0) is 32.0 Å². The second-order valence-corrected chi connectivity index (χ2v) is 5.40. The van der Waals surface area contributed by atoms with Gasteiger partial charge < -0.3 is 15.7 Å². The maximum absolute atomic E-state index is 12.4. The molecular formula is C13H17ClN2O2S. The molecule has 0 spiro atoms. The highest BCUT2D eigenvalue weighted by atomic mass is 35.5. The van der Waals surface area contributed by atoms with Crippen LogP contribution < -0.4 is 5.73 Å². The summed E-state index contributed by atoms with van der Waals surface area (Å²) in [4.78, 5) is 14.4. The summed E-state index contributed by atoms with van der Waals surface area (Å²) in [6, 6.07) is 4.28. The number of rotatable bonds is 5.